The average Bonchev–Trinajstić information content (AvgIpc) is 3.28. The van der Waals surface area contributed by atoms with Crippen molar-refractivity contribution in [3.05, 3.63) is 106 Å². The van der Waals surface area contributed by atoms with E-state index >= 15 is 0 Å². The number of hydrogen-bond donors (Lipinski definition) is 0. The van der Waals surface area contributed by atoms with Gasteiger partial charge in [-0.25, -0.2) is 4.98 Å². The Hall–Kier alpha value is -3.91. The van der Waals surface area contributed by atoms with E-state index in [-0.39, 0.29) is 0 Å². The number of imidazole rings is 1. The number of benzene rings is 4. The summed E-state index contributed by atoms with van der Waals surface area (Å²) in [5.41, 5.74) is 15.1. The monoisotopic (exact) mass is 482 g/mol. The second kappa shape index (κ2) is 8.59. The summed E-state index contributed by atoms with van der Waals surface area (Å²) < 4.78 is 2.41. The molecule has 0 saturated heterocycles. The van der Waals surface area contributed by atoms with Gasteiger partial charge in [-0.3, -0.25) is 4.40 Å². The zero-order chi connectivity index (χ0) is 26.0. The molecule has 0 aliphatic rings. The number of rotatable bonds is 3. The second-order valence-corrected chi connectivity index (χ2v) is 11.0. The number of nitrogens with zero attached hydrogens (tertiary/aromatic N) is 2. The largest absolute Gasteiger partial charge is 0.292 e. The van der Waals surface area contributed by atoms with Crippen molar-refractivity contribution in [3.63, 3.8) is 0 Å². The smallest absolute Gasteiger partial charge is 0.145 e. The predicted octanol–water partition coefficient (Wildman–Crippen LogP) is 9.64. The maximum Gasteiger partial charge on any atom is 0.145 e. The van der Waals surface area contributed by atoms with E-state index in [1.807, 2.05) is 0 Å². The summed E-state index contributed by atoms with van der Waals surface area (Å²) in [6.07, 6.45) is 2.08. The van der Waals surface area contributed by atoms with E-state index in [1.54, 1.807) is 0 Å². The highest BCUT2D eigenvalue weighted by Crippen LogP contribution is 2.41. The minimum Gasteiger partial charge on any atom is -0.292 e. The van der Waals surface area contributed by atoms with Gasteiger partial charge in [0.05, 0.1) is 17.4 Å². The number of fused-ring (bicyclic) bond motifs is 6. The van der Waals surface area contributed by atoms with Crippen molar-refractivity contribution in [2.45, 2.75) is 54.4 Å². The van der Waals surface area contributed by atoms with Gasteiger partial charge in [0.1, 0.15) is 5.65 Å². The van der Waals surface area contributed by atoms with Crippen LogP contribution < -0.4 is 0 Å². The van der Waals surface area contributed by atoms with Gasteiger partial charge >= 0.3 is 0 Å². The van der Waals surface area contributed by atoms with Crippen LogP contribution in [0.2, 0.25) is 0 Å². The number of aryl methyl sites for hydroxylation is 5. The van der Waals surface area contributed by atoms with Gasteiger partial charge in [0.15, 0.2) is 0 Å². The van der Waals surface area contributed by atoms with Gasteiger partial charge in [0.25, 0.3) is 0 Å². The summed E-state index contributed by atoms with van der Waals surface area (Å²) in [6, 6.07) is 24.8. The molecular weight excluding hydrogens is 448 g/mol. The lowest BCUT2D eigenvalue weighted by atomic mass is 9.87. The van der Waals surface area contributed by atoms with Gasteiger partial charge < -0.3 is 0 Å². The molecule has 0 aliphatic heterocycles. The van der Waals surface area contributed by atoms with Crippen LogP contribution >= 0.6 is 0 Å². The van der Waals surface area contributed by atoms with E-state index < -0.39 is 0 Å². The molecule has 0 amide bonds. The Morgan fingerprint density at radius 3 is 1.92 bits per heavy atom. The van der Waals surface area contributed by atoms with Crippen LogP contribution in [0.15, 0.2) is 72.9 Å². The zero-order valence-electron chi connectivity index (χ0n) is 22.9. The second-order valence-electron chi connectivity index (χ2n) is 11.0. The molecule has 0 atom stereocenters. The Morgan fingerprint density at radius 2 is 1.30 bits per heavy atom. The molecule has 6 rings (SSSR count). The van der Waals surface area contributed by atoms with Crippen LogP contribution in [0.1, 0.15) is 53.1 Å². The van der Waals surface area contributed by atoms with Gasteiger partial charge in [-0.05, 0) is 103 Å². The topological polar surface area (TPSA) is 17.3 Å². The Kier molecular flexibility index (Phi) is 5.45. The molecule has 0 radical (unpaired) electrons. The fourth-order valence-electron chi connectivity index (χ4n) is 6.22. The molecule has 0 aliphatic carbocycles. The first kappa shape index (κ1) is 23.5. The lowest BCUT2D eigenvalue weighted by Crippen LogP contribution is -2.00. The molecule has 2 heteroatoms. The van der Waals surface area contributed by atoms with Crippen molar-refractivity contribution in [3.8, 4) is 22.4 Å². The third-order valence-electron chi connectivity index (χ3n) is 7.97. The molecule has 0 bridgehead atoms. The van der Waals surface area contributed by atoms with Gasteiger partial charge in [-0.2, -0.15) is 0 Å². The molecule has 0 spiro atoms. The van der Waals surface area contributed by atoms with E-state index in [9.17, 15) is 0 Å². The average molecular weight is 483 g/mol. The minimum absolute atomic E-state index is 0.360. The first-order valence-electron chi connectivity index (χ1n) is 13.3. The molecule has 0 N–H and O–H groups in total. The Balaban J connectivity index is 1.84. The first-order chi connectivity index (χ1) is 17.8. The van der Waals surface area contributed by atoms with Crippen molar-refractivity contribution in [1.29, 1.82) is 0 Å². The van der Waals surface area contributed by atoms with E-state index in [4.69, 9.17) is 4.98 Å². The summed E-state index contributed by atoms with van der Waals surface area (Å²) in [5, 5.41) is 3.82. The van der Waals surface area contributed by atoms with Gasteiger partial charge in [0, 0.05) is 16.3 Å². The van der Waals surface area contributed by atoms with Gasteiger partial charge in [0.2, 0.25) is 0 Å². The van der Waals surface area contributed by atoms with E-state index in [0.29, 0.717) is 5.92 Å². The molecule has 0 fully saturated rings. The van der Waals surface area contributed by atoms with Crippen LogP contribution in [-0.2, 0) is 0 Å². The molecule has 2 heterocycles. The van der Waals surface area contributed by atoms with E-state index in [0.717, 1.165) is 11.3 Å². The highest BCUT2D eigenvalue weighted by Gasteiger charge is 2.21. The fourth-order valence-corrected chi connectivity index (χ4v) is 6.22. The Labute approximate surface area is 219 Å². The molecule has 37 heavy (non-hydrogen) atoms. The highest BCUT2D eigenvalue weighted by molar-refractivity contribution is 6.15. The van der Waals surface area contributed by atoms with Crippen LogP contribution in [0, 0.1) is 34.6 Å². The lowest BCUT2D eigenvalue weighted by molar-refractivity contribution is 0.876. The van der Waals surface area contributed by atoms with Crippen LogP contribution in [0.5, 0.6) is 0 Å². The summed E-state index contributed by atoms with van der Waals surface area (Å²) >= 11 is 0. The minimum atomic E-state index is 0.360. The summed E-state index contributed by atoms with van der Waals surface area (Å²) in [7, 11) is 0. The highest BCUT2D eigenvalue weighted by atomic mass is 15.0. The van der Waals surface area contributed by atoms with Crippen LogP contribution in [0.3, 0.4) is 0 Å². The van der Waals surface area contributed by atoms with Crippen molar-refractivity contribution in [2.24, 2.45) is 0 Å². The molecular formula is C35H34N2. The van der Waals surface area contributed by atoms with Crippen molar-refractivity contribution in [1.82, 2.24) is 9.38 Å². The molecule has 2 aromatic heterocycles. The fraction of sp³-hybridized carbons (Fsp3) is 0.229. The number of pyridine rings is 1. The van der Waals surface area contributed by atoms with Crippen molar-refractivity contribution in [2.75, 3.05) is 0 Å². The van der Waals surface area contributed by atoms with Gasteiger partial charge in [-0.15, -0.1) is 0 Å². The van der Waals surface area contributed by atoms with E-state index in [1.165, 1.54) is 71.7 Å². The summed E-state index contributed by atoms with van der Waals surface area (Å²) in [4.78, 5) is 5.13. The number of hydrogen-bond acceptors (Lipinski definition) is 1. The third-order valence-corrected chi connectivity index (χ3v) is 7.97. The van der Waals surface area contributed by atoms with Crippen LogP contribution in [0.25, 0.3) is 49.7 Å². The quantitative estimate of drug-likeness (QED) is 0.229. The third kappa shape index (κ3) is 3.58. The van der Waals surface area contributed by atoms with Crippen molar-refractivity contribution < 1.29 is 0 Å². The molecule has 4 aromatic carbocycles. The van der Waals surface area contributed by atoms with Crippen molar-refractivity contribution >= 4 is 27.3 Å². The van der Waals surface area contributed by atoms with E-state index in [2.05, 4.69) is 126 Å². The maximum absolute atomic E-state index is 5.13. The summed E-state index contributed by atoms with van der Waals surface area (Å²) in [5.74, 6) is 0.360. The van der Waals surface area contributed by atoms with Crippen LogP contribution in [0.4, 0.5) is 0 Å². The zero-order valence-corrected chi connectivity index (χ0v) is 22.9. The predicted molar refractivity (Wildman–Crippen MR) is 159 cm³/mol. The van der Waals surface area contributed by atoms with Gasteiger partial charge in [-0.1, -0.05) is 68.4 Å². The summed E-state index contributed by atoms with van der Waals surface area (Å²) in [6.45, 7) is 15.6. The standard InChI is InChI=1S/C35H34N2/c1-20(2)28-17-26(32-22(4)10-8-11-23(32)5)18-29-27-15-14-21(3)16-30(27)37-31(19-36-35(37)34(28)29)33-24(6)12-9-13-25(33)7/h8-20H,1-7H3. The Morgan fingerprint density at radius 1 is 0.676 bits per heavy atom. The molecule has 6 aromatic rings. The number of aromatic nitrogens is 2. The normalized spacial score (nSPS) is 11.9. The molecule has 2 nitrogen and oxygen atoms in total. The maximum atomic E-state index is 5.13. The Bertz CT molecular complexity index is 1810. The molecule has 0 saturated carbocycles. The lowest BCUT2D eigenvalue weighted by Gasteiger charge is -2.20. The SMILES string of the molecule is Cc1ccc2c3cc(-c4c(C)cccc4C)cc(C(C)C)c3c3ncc(-c4c(C)cccc4C)n3c2c1. The first-order valence-corrected chi connectivity index (χ1v) is 13.3. The molecule has 0 unspecified atom stereocenters. The van der Waals surface area contributed by atoms with Crippen LogP contribution in [-0.4, -0.2) is 9.38 Å². The molecule has 184 valence electrons.